The monoisotopic (exact) mass is 576 g/mol. The molecule has 2 aromatic rings. The quantitative estimate of drug-likeness (QED) is 0.123. The van der Waals surface area contributed by atoms with Crippen molar-refractivity contribution in [3.05, 3.63) is 65.7 Å². The van der Waals surface area contributed by atoms with Gasteiger partial charge in [0.05, 0.1) is 23.3 Å². The van der Waals surface area contributed by atoms with E-state index in [-0.39, 0.29) is 42.7 Å². The van der Waals surface area contributed by atoms with E-state index >= 15 is 0 Å². The average molecular weight is 577 g/mol. The number of carbonyl (C=O) groups excluding carboxylic acids is 1. The molecule has 0 aliphatic carbocycles. The standard InChI is InChI=1S/C28H40N4O7S/c1-19(2)14-25(31-28(35)36)27(34)30-24(15-21-8-6-5-7-9-21)26(33)18-32(17-20(3)4)40(38,39)23-12-10-22(11-13-23)16-29-37/h5-13,16,19-20,24-26,31,33,37H,14-15,17-18H2,1-4H3,(H,30,34)(H,35,36)/b29-16+/t24-,25-,26+/m0/s1. The van der Waals surface area contributed by atoms with Crippen LogP contribution in [0.3, 0.4) is 0 Å². The predicted molar refractivity (Wildman–Crippen MR) is 152 cm³/mol. The normalized spacial score (nSPS) is 14.4. The largest absolute Gasteiger partial charge is 0.465 e. The number of benzene rings is 2. The van der Waals surface area contributed by atoms with E-state index in [0.717, 1.165) is 5.56 Å². The fourth-order valence-electron chi connectivity index (χ4n) is 4.24. The number of aliphatic hydroxyl groups is 1. The zero-order chi connectivity index (χ0) is 29.9. The number of nitrogens with one attached hydrogen (secondary N) is 2. The molecular weight excluding hydrogens is 536 g/mol. The van der Waals surface area contributed by atoms with Crippen molar-refractivity contribution >= 4 is 28.2 Å². The third kappa shape index (κ3) is 10.2. The number of sulfonamides is 1. The molecule has 12 heteroatoms. The van der Waals surface area contributed by atoms with Crippen LogP contribution in [0, 0.1) is 11.8 Å². The molecule has 0 radical (unpaired) electrons. The number of carbonyl (C=O) groups is 2. The number of aliphatic hydroxyl groups excluding tert-OH is 1. The summed E-state index contributed by atoms with van der Waals surface area (Å²) < 4.78 is 28.4. The van der Waals surface area contributed by atoms with Crippen LogP contribution in [0.2, 0.25) is 0 Å². The molecule has 3 atom stereocenters. The fourth-order valence-corrected chi connectivity index (χ4v) is 5.86. The van der Waals surface area contributed by atoms with Crippen LogP contribution in [0.1, 0.15) is 45.2 Å². The maximum Gasteiger partial charge on any atom is 0.405 e. The molecule has 0 unspecified atom stereocenters. The Hall–Kier alpha value is -3.48. The van der Waals surface area contributed by atoms with Gasteiger partial charge in [0.15, 0.2) is 0 Å². The van der Waals surface area contributed by atoms with E-state index in [0.29, 0.717) is 5.56 Å². The van der Waals surface area contributed by atoms with Crippen molar-refractivity contribution in [2.24, 2.45) is 17.0 Å². The van der Waals surface area contributed by atoms with Crippen LogP contribution in [-0.2, 0) is 21.2 Å². The third-order valence-electron chi connectivity index (χ3n) is 6.10. The SMILES string of the molecule is CC(C)C[C@H](NC(=O)O)C(=O)N[C@@H](Cc1ccccc1)[C@H](O)CN(CC(C)C)S(=O)(=O)c1ccc(/C=N/O)cc1. The zero-order valence-corrected chi connectivity index (χ0v) is 24.1. The molecule has 2 amide bonds. The summed E-state index contributed by atoms with van der Waals surface area (Å²) in [5.41, 5.74) is 1.31. The van der Waals surface area contributed by atoms with Crippen molar-refractivity contribution in [2.45, 2.75) is 63.6 Å². The second-order valence-electron chi connectivity index (χ2n) is 10.5. The Bertz CT molecular complexity index is 1220. The first-order valence-electron chi connectivity index (χ1n) is 13.1. The van der Waals surface area contributed by atoms with E-state index in [1.165, 1.54) is 34.8 Å². The lowest BCUT2D eigenvalue weighted by Crippen LogP contribution is -2.55. The molecule has 0 aliphatic heterocycles. The summed E-state index contributed by atoms with van der Waals surface area (Å²) in [6.07, 6.45) is -1.04. The average Bonchev–Trinajstić information content (AvgIpc) is 2.87. The van der Waals surface area contributed by atoms with Crippen LogP contribution >= 0.6 is 0 Å². The van der Waals surface area contributed by atoms with E-state index < -0.39 is 40.2 Å². The Morgan fingerprint density at radius 3 is 2.10 bits per heavy atom. The fraction of sp³-hybridized carbons (Fsp3) is 0.464. The number of oxime groups is 1. The summed E-state index contributed by atoms with van der Waals surface area (Å²) in [6.45, 7) is 7.23. The van der Waals surface area contributed by atoms with Gasteiger partial charge in [-0.25, -0.2) is 13.2 Å². The molecule has 220 valence electrons. The minimum absolute atomic E-state index is 0.00161. The van der Waals surface area contributed by atoms with Crippen molar-refractivity contribution in [1.82, 2.24) is 14.9 Å². The summed E-state index contributed by atoms with van der Waals surface area (Å²) >= 11 is 0. The van der Waals surface area contributed by atoms with Crippen LogP contribution in [-0.4, -0.2) is 77.6 Å². The predicted octanol–water partition coefficient (Wildman–Crippen LogP) is 2.91. The van der Waals surface area contributed by atoms with Crippen LogP contribution in [0.25, 0.3) is 0 Å². The summed E-state index contributed by atoms with van der Waals surface area (Å²) in [5.74, 6) is -0.655. The molecule has 40 heavy (non-hydrogen) atoms. The van der Waals surface area contributed by atoms with E-state index in [1.807, 2.05) is 58.0 Å². The summed E-state index contributed by atoms with van der Waals surface area (Å²) in [4.78, 5) is 24.5. The third-order valence-corrected chi connectivity index (χ3v) is 7.94. The molecule has 0 heterocycles. The van der Waals surface area contributed by atoms with Crippen molar-refractivity contribution in [3.8, 4) is 0 Å². The van der Waals surface area contributed by atoms with E-state index in [9.17, 15) is 28.2 Å². The molecule has 5 N–H and O–H groups in total. The van der Waals surface area contributed by atoms with Crippen LogP contribution in [0.15, 0.2) is 64.6 Å². The number of nitrogens with zero attached hydrogens (tertiary/aromatic N) is 2. The Morgan fingerprint density at radius 2 is 1.57 bits per heavy atom. The van der Waals surface area contributed by atoms with Gasteiger partial charge < -0.3 is 26.1 Å². The Morgan fingerprint density at radius 1 is 0.950 bits per heavy atom. The van der Waals surface area contributed by atoms with Crippen LogP contribution in [0.4, 0.5) is 4.79 Å². The van der Waals surface area contributed by atoms with Gasteiger partial charge in [-0.15, -0.1) is 0 Å². The summed E-state index contributed by atoms with van der Waals surface area (Å²) in [7, 11) is -4.04. The minimum Gasteiger partial charge on any atom is -0.465 e. The number of rotatable bonds is 15. The highest BCUT2D eigenvalue weighted by atomic mass is 32.2. The Kier molecular flexibility index (Phi) is 12.6. The molecule has 0 aromatic heterocycles. The lowest BCUT2D eigenvalue weighted by atomic mass is 9.98. The highest BCUT2D eigenvalue weighted by molar-refractivity contribution is 7.89. The lowest BCUT2D eigenvalue weighted by Gasteiger charge is -2.31. The van der Waals surface area contributed by atoms with Gasteiger partial charge in [-0.3, -0.25) is 4.79 Å². The van der Waals surface area contributed by atoms with Gasteiger partial charge in [0.2, 0.25) is 15.9 Å². The smallest absolute Gasteiger partial charge is 0.405 e. The maximum atomic E-state index is 13.6. The number of hydrogen-bond acceptors (Lipinski definition) is 7. The van der Waals surface area contributed by atoms with Crippen molar-refractivity contribution in [3.63, 3.8) is 0 Å². The van der Waals surface area contributed by atoms with Gasteiger partial charge >= 0.3 is 6.09 Å². The Labute approximate surface area is 236 Å². The van der Waals surface area contributed by atoms with Gasteiger partial charge in [-0.2, -0.15) is 4.31 Å². The Balaban J connectivity index is 2.37. The number of hydrogen-bond donors (Lipinski definition) is 5. The molecule has 2 aromatic carbocycles. The van der Waals surface area contributed by atoms with Crippen LogP contribution in [0.5, 0.6) is 0 Å². The molecule has 0 spiro atoms. The van der Waals surface area contributed by atoms with Crippen molar-refractivity contribution in [2.75, 3.05) is 13.1 Å². The first kappa shape index (κ1) is 32.7. The maximum absolute atomic E-state index is 13.6. The molecule has 0 bridgehead atoms. The highest BCUT2D eigenvalue weighted by Crippen LogP contribution is 2.20. The topological polar surface area (TPSA) is 169 Å². The lowest BCUT2D eigenvalue weighted by molar-refractivity contribution is -0.125. The highest BCUT2D eigenvalue weighted by Gasteiger charge is 2.33. The molecule has 0 fully saturated rings. The van der Waals surface area contributed by atoms with Crippen LogP contribution < -0.4 is 10.6 Å². The molecule has 2 rings (SSSR count). The first-order valence-corrected chi connectivity index (χ1v) is 14.6. The van der Waals surface area contributed by atoms with Gasteiger partial charge in [-0.1, -0.05) is 75.3 Å². The number of carboxylic acid groups (broad SMARTS) is 1. The van der Waals surface area contributed by atoms with E-state index in [1.54, 1.807) is 0 Å². The summed E-state index contributed by atoms with van der Waals surface area (Å²) in [5, 5.41) is 37.3. The molecule has 0 saturated carbocycles. The van der Waals surface area contributed by atoms with Gasteiger partial charge in [0.1, 0.15) is 6.04 Å². The molecule has 0 aliphatic rings. The van der Waals surface area contributed by atoms with Crippen molar-refractivity contribution < 1.29 is 33.4 Å². The van der Waals surface area contributed by atoms with Gasteiger partial charge in [0, 0.05) is 13.1 Å². The minimum atomic E-state index is -4.04. The summed E-state index contributed by atoms with van der Waals surface area (Å²) in [6, 6.07) is 12.9. The molecular formula is C28H40N4O7S. The van der Waals surface area contributed by atoms with Gasteiger partial charge in [-0.05, 0) is 47.9 Å². The zero-order valence-electron chi connectivity index (χ0n) is 23.3. The number of amides is 2. The molecule has 11 nitrogen and oxygen atoms in total. The van der Waals surface area contributed by atoms with E-state index in [2.05, 4.69) is 15.8 Å². The van der Waals surface area contributed by atoms with Gasteiger partial charge in [0.25, 0.3) is 0 Å². The second-order valence-corrected chi connectivity index (χ2v) is 12.5. The first-order chi connectivity index (χ1) is 18.8. The second kappa shape index (κ2) is 15.3. The van der Waals surface area contributed by atoms with Crippen molar-refractivity contribution in [1.29, 1.82) is 0 Å². The van der Waals surface area contributed by atoms with E-state index in [4.69, 9.17) is 5.21 Å². The molecule has 0 saturated heterocycles.